The topological polar surface area (TPSA) is 60.9 Å². The van der Waals surface area contributed by atoms with Crippen molar-refractivity contribution in [2.24, 2.45) is 0 Å². The Morgan fingerprint density at radius 1 is 1.22 bits per heavy atom. The van der Waals surface area contributed by atoms with Crippen molar-refractivity contribution in [1.82, 2.24) is 9.55 Å². The number of allylic oxidation sites excluding steroid dienone is 1. The lowest BCUT2D eigenvalue weighted by Gasteiger charge is -2.09. The first kappa shape index (κ1) is 13.8. The summed E-state index contributed by atoms with van der Waals surface area (Å²) in [7, 11) is 0. The maximum Gasteiger partial charge on any atom is 0.261 e. The van der Waals surface area contributed by atoms with Crippen LogP contribution in [-0.2, 0) is 0 Å². The molecule has 4 nitrogen and oxygen atoms in total. The van der Waals surface area contributed by atoms with Crippen LogP contribution < -0.4 is 11.3 Å². The quantitative estimate of drug-likeness (QED) is 0.700. The van der Waals surface area contributed by atoms with Gasteiger partial charge in [0.2, 0.25) is 0 Å². The molecule has 2 N–H and O–H groups in total. The van der Waals surface area contributed by atoms with E-state index >= 15 is 0 Å². The maximum absolute atomic E-state index is 12.8. The average molecular weight is 303 g/mol. The van der Waals surface area contributed by atoms with Gasteiger partial charge in [0, 0.05) is 11.7 Å². The zero-order valence-corrected chi connectivity index (χ0v) is 12.9. The molecule has 1 aromatic heterocycles. The number of hydrogen-bond donors (Lipinski definition) is 1. The molecule has 0 radical (unpaired) electrons. The van der Waals surface area contributed by atoms with Gasteiger partial charge < -0.3 is 5.73 Å². The van der Waals surface area contributed by atoms with Crippen LogP contribution in [0.15, 0.2) is 53.3 Å². The maximum atomic E-state index is 12.8. The predicted octanol–water partition coefficient (Wildman–Crippen LogP) is 3.48. The highest BCUT2D eigenvalue weighted by Gasteiger charge is 2.26. The smallest absolute Gasteiger partial charge is 0.261 e. The average Bonchev–Trinajstić information content (AvgIpc) is 2.85. The normalized spacial score (nSPS) is 18.5. The summed E-state index contributed by atoms with van der Waals surface area (Å²) in [5, 5.41) is 0.585. The van der Waals surface area contributed by atoms with Crippen molar-refractivity contribution >= 4 is 28.2 Å². The molecule has 2 aromatic carbocycles. The van der Waals surface area contributed by atoms with Crippen LogP contribution in [0.3, 0.4) is 0 Å². The molecule has 0 bridgehead atoms. The fourth-order valence-electron chi connectivity index (χ4n) is 3.23. The van der Waals surface area contributed by atoms with Gasteiger partial charge >= 0.3 is 0 Å². The van der Waals surface area contributed by atoms with Crippen LogP contribution in [0.1, 0.15) is 30.8 Å². The summed E-state index contributed by atoms with van der Waals surface area (Å²) in [6.45, 7) is 2.05. The Hall–Kier alpha value is -2.88. The highest BCUT2D eigenvalue weighted by molar-refractivity contribution is 5.86. The summed E-state index contributed by atoms with van der Waals surface area (Å²) < 4.78 is 1.79. The van der Waals surface area contributed by atoms with Crippen LogP contribution in [0, 0.1) is 0 Å². The van der Waals surface area contributed by atoms with Crippen LogP contribution in [-0.4, -0.2) is 9.55 Å². The van der Waals surface area contributed by atoms with Crippen LogP contribution >= 0.6 is 0 Å². The van der Waals surface area contributed by atoms with E-state index in [0.29, 0.717) is 16.6 Å². The largest absolute Gasteiger partial charge is 0.399 e. The molecule has 0 amide bonds. The summed E-state index contributed by atoms with van der Waals surface area (Å²) in [6.07, 6.45) is 2.92. The number of nitrogens with two attached hydrogens (primary N) is 1. The molecular weight excluding hydrogens is 286 g/mol. The molecule has 1 atom stereocenters. The van der Waals surface area contributed by atoms with Gasteiger partial charge in [-0.1, -0.05) is 30.3 Å². The van der Waals surface area contributed by atoms with E-state index in [1.165, 1.54) is 0 Å². The monoisotopic (exact) mass is 303 g/mol. The number of aromatic nitrogens is 2. The summed E-state index contributed by atoms with van der Waals surface area (Å²) in [5.41, 5.74) is 9.30. The van der Waals surface area contributed by atoms with Gasteiger partial charge in [0.1, 0.15) is 5.82 Å². The first-order valence-corrected chi connectivity index (χ1v) is 7.71. The van der Waals surface area contributed by atoms with Gasteiger partial charge in [-0.2, -0.15) is 0 Å². The highest BCUT2D eigenvalue weighted by atomic mass is 16.1. The van der Waals surface area contributed by atoms with Gasteiger partial charge in [0.25, 0.3) is 5.56 Å². The van der Waals surface area contributed by atoms with Gasteiger partial charge in [0.15, 0.2) is 0 Å². The minimum absolute atomic E-state index is 0.0127. The predicted molar refractivity (Wildman–Crippen MR) is 94.1 cm³/mol. The zero-order chi connectivity index (χ0) is 16.0. The second kappa shape index (κ2) is 5.09. The van der Waals surface area contributed by atoms with Crippen molar-refractivity contribution in [1.29, 1.82) is 0 Å². The number of anilines is 1. The molecule has 2 heterocycles. The molecule has 0 fully saturated rings. The molecule has 0 saturated carbocycles. The molecule has 4 rings (SSSR count). The number of hydrogen-bond acceptors (Lipinski definition) is 3. The van der Waals surface area contributed by atoms with E-state index < -0.39 is 0 Å². The molecule has 0 aliphatic carbocycles. The standard InChI is InChI=1S/C19H17N3O/c1-12-9-14(10-13-5-3-2-4-6-13)18-21-17-8-7-15(20)11-16(17)19(23)22(12)18/h2-8,10-12H,9,20H2,1H3. The van der Waals surface area contributed by atoms with Gasteiger partial charge in [-0.15, -0.1) is 0 Å². The number of nitrogen functional groups attached to an aromatic ring is 1. The van der Waals surface area contributed by atoms with Crippen LogP contribution in [0.5, 0.6) is 0 Å². The molecule has 1 unspecified atom stereocenters. The van der Waals surface area contributed by atoms with Gasteiger partial charge in [-0.05, 0) is 48.8 Å². The zero-order valence-electron chi connectivity index (χ0n) is 12.9. The van der Waals surface area contributed by atoms with Gasteiger partial charge in [-0.25, -0.2) is 4.98 Å². The molecule has 1 aliphatic heterocycles. The SMILES string of the molecule is CC1CC(=Cc2ccccc2)c2nc3ccc(N)cc3c(=O)n21. The van der Waals surface area contributed by atoms with E-state index in [2.05, 4.69) is 25.1 Å². The van der Waals surface area contributed by atoms with Gasteiger partial charge in [-0.3, -0.25) is 9.36 Å². The van der Waals surface area contributed by atoms with Crippen LogP contribution in [0.4, 0.5) is 5.69 Å². The molecule has 0 spiro atoms. The van der Waals surface area contributed by atoms with Gasteiger partial charge in [0.05, 0.1) is 10.9 Å². The highest BCUT2D eigenvalue weighted by Crippen LogP contribution is 2.34. The third-order valence-corrected chi connectivity index (χ3v) is 4.31. The molecule has 4 heteroatoms. The Labute approximate surface area is 133 Å². The lowest BCUT2D eigenvalue weighted by atomic mass is 10.1. The van der Waals surface area contributed by atoms with Crippen molar-refractivity contribution in [3.8, 4) is 0 Å². The second-order valence-electron chi connectivity index (χ2n) is 6.02. The third kappa shape index (κ3) is 2.23. The number of nitrogens with zero attached hydrogens (tertiary/aromatic N) is 2. The van der Waals surface area contributed by atoms with Crippen LogP contribution in [0.25, 0.3) is 22.6 Å². The van der Waals surface area contributed by atoms with Crippen LogP contribution in [0.2, 0.25) is 0 Å². The lowest BCUT2D eigenvalue weighted by molar-refractivity contribution is 0.574. The van der Waals surface area contributed by atoms with Crippen molar-refractivity contribution in [2.45, 2.75) is 19.4 Å². The minimum atomic E-state index is -0.0127. The molecular formula is C19H17N3O. The summed E-state index contributed by atoms with van der Waals surface area (Å²) >= 11 is 0. The number of benzene rings is 2. The Bertz CT molecular complexity index is 987. The first-order chi connectivity index (χ1) is 11.1. The third-order valence-electron chi connectivity index (χ3n) is 4.31. The Morgan fingerprint density at radius 2 is 2.00 bits per heavy atom. The Morgan fingerprint density at radius 3 is 2.78 bits per heavy atom. The Kier molecular flexibility index (Phi) is 3.05. The van der Waals surface area contributed by atoms with E-state index in [9.17, 15) is 4.79 Å². The lowest BCUT2D eigenvalue weighted by Crippen LogP contribution is -2.23. The molecule has 23 heavy (non-hydrogen) atoms. The van der Waals surface area contributed by atoms with Crippen molar-refractivity contribution in [3.63, 3.8) is 0 Å². The van der Waals surface area contributed by atoms with Crippen molar-refractivity contribution in [3.05, 3.63) is 70.3 Å². The Balaban J connectivity index is 1.96. The minimum Gasteiger partial charge on any atom is -0.399 e. The van der Waals surface area contributed by atoms with Crippen molar-refractivity contribution in [2.75, 3.05) is 5.73 Å². The molecule has 0 saturated heterocycles. The van der Waals surface area contributed by atoms with E-state index in [-0.39, 0.29) is 11.6 Å². The second-order valence-corrected chi connectivity index (χ2v) is 6.02. The van der Waals surface area contributed by atoms with E-state index in [1.54, 1.807) is 16.7 Å². The molecule has 114 valence electrons. The molecule has 1 aliphatic rings. The first-order valence-electron chi connectivity index (χ1n) is 7.71. The summed E-state index contributed by atoms with van der Waals surface area (Å²) in [6, 6.07) is 15.5. The summed E-state index contributed by atoms with van der Waals surface area (Å²) in [4.78, 5) is 17.5. The van der Waals surface area contributed by atoms with E-state index in [0.717, 1.165) is 23.4 Å². The van der Waals surface area contributed by atoms with E-state index in [1.807, 2.05) is 24.3 Å². The molecule has 3 aromatic rings. The fraction of sp³-hybridized carbons (Fsp3) is 0.158. The summed E-state index contributed by atoms with van der Waals surface area (Å²) in [5.74, 6) is 0.767. The fourth-order valence-corrected chi connectivity index (χ4v) is 3.23. The van der Waals surface area contributed by atoms with Crippen molar-refractivity contribution < 1.29 is 0 Å². The van der Waals surface area contributed by atoms with E-state index in [4.69, 9.17) is 10.7 Å². The number of rotatable bonds is 1. The number of fused-ring (bicyclic) bond motifs is 2.